The molecule has 4 heteroatoms. The van der Waals surface area contributed by atoms with Crippen LogP contribution >= 0.6 is 0 Å². The quantitative estimate of drug-likeness (QED) is 0.416. The number of carbonyl (C=O) groups is 1. The summed E-state index contributed by atoms with van der Waals surface area (Å²) < 4.78 is 0. The summed E-state index contributed by atoms with van der Waals surface area (Å²) in [5.41, 5.74) is 0. The van der Waals surface area contributed by atoms with E-state index >= 15 is 0 Å². The van der Waals surface area contributed by atoms with E-state index < -0.39 is 0 Å². The van der Waals surface area contributed by atoms with Crippen molar-refractivity contribution < 1.29 is 9.63 Å². The van der Waals surface area contributed by atoms with E-state index in [-0.39, 0.29) is 12.5 Å². The Balaban J connectivity index is 3.40. The normalized spacial score (nSPS) is 9.90. The van der Waals surface area contributed by atoms with Gasteiger partial charge in [-0.05, 0) is 6.92 Å². The van der Waals surface area contributed by atoms with E-state index in [1.165, 1.54) is 11.1 Å². The Morgan fingerprint density at radius 1 is 1.70 bits per heavy atom. The lowest BCUT2D eigenvalue weighted by atomic mass is 10.6. The molecule has 0 unspecified atom stereocenters. The van der Waals surface area contributed by atoms with Gasteiger partial charge in [0.2, 0.25) is 0 Å². The average molecular weight is 144 g/mol. The van der Waals surface area contributed by atoms with E-state index in [9.17, 15) is 4.79 Å². The first-order valence-corrected chi connectivity index (χ1v) is 2.98. The Morgan fingerprint density at radius 3 is 2.70 bits per heavy atom. The third kappa shape index (κ3) is 3.88. The number of hydrogen-bond acceptors (Lipinski definition) is 3. The largest absolute Gasteiger partial charge is 0.386 e. The highest BCUT2D eigenvalue weighted by atomic mass is 16.6. The Hall–Kier alpha value is -1.06. The molecule has 0 aromatic heterocycles. The lowest BCUT2D eigenvalue weighted by molar-refractivity contribution is -0.133. The van der Waals surface area contributed by atoms with Gasteiger partial charge in [-0.3, -0.25) is 4.79 Å². The molecule has 0 fully saturated rings. The molecule has 0 aromatic carbocycles. The van der Waals surface area contributed by atoms with Gasteiger partial charge in [0.1, 0.15) is 0 Å². The molecule has 0 N–H and O–H groups in total. The van der Waals surface area contributed by atoms with Crippen LogP contribution in [0.25, 0.3) is 0 Å². The van der Waals surface area contributed by atoms with Crippen molar-refractivity contribution in [3.05, 3.63) is 0 Å². The molecule has 58 valence electrons. The van der Waals surface area contributed by atoms with Gasteiger partial charge in [-0.2, -0.15) is 0 Å². The molecule has 0 heterocycles. The van der Waals surface area contributed by atoms with Crippen molar-refractivity contribution in [2.24, 2.45) is 5.16 Å². The first-order chi connectivity index (χ1) is 4.68. The Morgan fingerprint density at radius 2 is 2.30 bits per heavy atom. The third-order valence-corrected chi connectivity index (χ3v) is 0.867. The molecule has 0 aliphatic heterocycles. The zero-order valence-corrected chi connectivity index (χ0v) is 6.50. The summed E-state index contributed by atoms with van der Waals surface area (Å²) in [5.74, 6) is -0.0920. The second-order valence-corrected chi connectivity index (χ2v) is 1.93. The van der Waals surface area contributed by atoms with Crippen LogP contribution in [0.4, 0.5) is 0 Å². The number of nitrogens with zero attached hydrogens (tertiary/aromatic N) is 2. The molecule has 4 nitrogen and oxygen atoms in total. The fraction of sp³-hybridized carbons (Fsp3) is 0.667. The summed E-state index contributed by atoms with van der Waals surface area (Å²) in [6.45, 7) is 1.73. The zero-order valence-electron chi connectivity index (χ0n) is 6.50. The molecule has 0 bridgehead atoms. The molecule has 10 heavy (non-hydrogen) atoms. The van der Waals surface area contributed by atoms with Gasteiger partial charge in [0.25, 0.3) is 5.91 Å². The topological polar surface area (TPSA) is 41.9 Å². The van der Waals surface area contributed by atoms with Crippen LogP contribution in [0.3, 0.4) is 0 Å². The van der Waals surface area contributed by atoms with Crippen molar-refractivity contribution in [1.82, 2.24) is 4.90 Å². The van der Waals surface area contributed by atoms with Crippen molar-refractivity contribution in [2.75, 3.05) is 20.7 Å². The zero-order chi connectivity index (χ0) is 7.98. The summed E-state index contributed by atoms with van der Waals surface area (Å²) in [6, 6.07) is 0. The van der Waals surface area contributed by atoms with Gasteiger partial charge >= 0.3 is 0 Å². The molecular weight excluding hydrogens is 132 g/mol. The minimum absolute atomic E-state index is 0.0112. The van der Waals surface area contributed by atoms with Crippen LogP contribution < -0.4 is 0 Å². The number of amides is 1. The minimum Gasteiger partial charge on any atom is -0.386 e. The monoisotopic (exact) mass is 144 g/mol. The molecule has 0 radical (unpaired) electrons. The second kappa shape index (κ2) is 4.78. The van der Waals surface area contributed by atoms with E-state index in [4.69, 9.17) is 0 Å². The van der Waals surface area contributed by atoms with Gasteiger partial charge in [-0.1, -0.05) is 5.16 Å². The number of carbonyl (C=O) groups excluding carboxylic acids is 1. The first kappa shape index (κ1) is 8.94. The van der Waals surface area contributed by atoms with Crippen LogP contribution in [0.15, 0.2) is 5.16 Å². The maximum atomic E-state index is 10.7. The van der Waals surface area contributed by atoms with Gasteiger partial charge in [0.15, 0.2) is 6.61 Å². The standard InChI is InChI=1S/C6H12N2O2/c1-4-7-10-5-6(9)8(2)3/h4H,5H2,1-3H3. The number of likely N-dealkylation sites (N-methyl/N-ethyl adjacent to an activating group) is 1. The summed E-state index contributed by atoms with van der Waals surface area (Å²) in [6.07, 6.45) is 1.49. The molecule has 0 aromatic rings. The van der Waals surface area contributed by atoms with Crippen molar-refractivity contribution in [1.29, 1.82) is 0 Å². The molecule has 0 spiro atoms. The van der Waals surface area contributed by atoms with Crippen LogP contribution in [-0.4, -0.2) is 37.7 Å². The summed E-state index contributed by atoms with van der Waals surface area (Å²) in [7, 11) is 3.34. The summed E-state index contributed by atoms with van der Waals surface area (Å²) in [5, 5.41) is 3.42. The van der Waals surface area contributed by atoms with Crippen molar-refractivity contribution in [3.8, 4) is 0 Å². The van der Waals surface area contributed by atoms with Gasteiger partial charge in [-0.15, -0.1) is 0 Å². The molecular formula is C6H12N2O2. The average Bonchev–Trinajstić information content (AvgIpc) is 1.88. The lowest BCUT2D eigenvalue weighted by Crippen LogP contribution is -2.25. The van der Waals surface area contributed by atoms with Crippen LogP contribution in [-0.2, 0) is 9.63 Å². The number of rotatable bonds is 3. The van der Waals surface area contributed by atoms with Gasteiger partial charge < -0.3 is 9.74 Å². The fourth-order valence-electron chi connectivity index (χ4n) is 0.296. The molecule has 0 atom stereocenters. The maximum Gasteiger partial charge on any atom is 0.262 e. The number of hydrogen-bond donors (Lipinski definition) is 0. The van der Waals surface area contributed by atoms with Crippen molar-refractivity contribution in [2.45, 2.75) is 6.92 Å². The highest BCUT2D eigenvalue weighted by Crippen LogP contribution is 1.80. The van der Waals surface area contributed by atoms with Crippen molar-refractivity contribution >= 4 is 12.1 Å². The van der Waals surface area contributed by atoms with Gasteiger partial charge in [-0.25, -0.2) is 0 Å². The SMILES string of the molecule is CC=NOCC(=O)N(C)C. The van der Waals surface area contributed by atoms with Crippen LogP contribution in [0.5, 0.6) is 0 Å². The lowest BCUT2D eigenvalue weighted by Gasteiger charge is -2.07. The van der Waals surface area contributed by atoms with E-state index in [1.54, 1.807) is 21.0 Å². The highest BCUT2D eigenvalue weighted by molar-refractivity contribution is 5.76. The summed E-state index contributed by atoms with van der Waals surface area (Å²) >= 11 is 0. The summed E-state index contributed by atoms with van der Waals surface area (Å²) in [4.78, 5) is 16.8. The number of oxime groups is 1. The van der Waals surface area contributed by atoms with Crippen molar-refractivity contribution in [3.63, 3.8) is 0 Å². The molecule has 0 saturated carbocycles. The Labute approximate surface area is 60.4 Å². The maximum absolute atomic E-state index is 10.7. The molecule has 0 saturated heterocycles. The molecule has 1 amide bonds. The van der Waals surface area contributed by atoms with Crippen LogP contribution in [0, 0.1) is 0 Å². The van der Waals surface area contributed by atoms with E-state index in [0.29, 0.717) is 0 Å². The third-order valence-electron chi connectivity index (χ3n) is 0.867. The fourth-order valence-corrected chi connectivity index (χ4v) is 0.296. The molecule has 0 aliphatic rings. The Bertz CT molecular complexity index is 132. The predicted octanol–water partition coefficient (Wildman–Crippen LogP) is 0.0969. The van der Waals surface area contributed by atoms with E-state index in [1.807, 2.05) is 0 Å². The first-order valence-electron chi connectivity index (χ1n) is 2.98. The van der Waals surface area contributed by atoms with Gasteiger partial charge in [0, 0.05) is 20.3 Å². The minimum atomic E-state index is -0.0920. The highest BCUT2D eigenvalue weighted by Gasteiger charge is 2.01. The Kier molecular flexibility index (Phi) is 4.28. The molecule has 0 aliphatic carbocycles. The van der Waals surface area contributed by atoms with Crippen LogP contribution in [0.1, 0.15) is 6.92 Å². The smallest absolute Gasteiger partial charge is 0.262 e. The predicted molar refractivity (Wildman–Crippen MR) is 38.8 cm³/mol. The van der Waals surface area contributed by atoms with Gasteiger partial charge in [0.05, 0.1) is 0 Å². The molecule has 0 rings (SSSR count). The van der Waals surface area contributed by atoms with E-state index in [0.717, 1.165) is 0 Å². The second-order valence-electron chi connectivity index (χ2n) is 1.93. The van der Waals surface area contributed by atoms with E-state index in [2.05, 4.69) is 9.99 Å². The van der Waals surface area contributed by atoms with Crippen LogP contribution in [0.2, 0.25) is 0 Å².